The zero-order valence-corrected chi connectivity index (χ0v) is 12.2. The molecule has 1 rings (SSSR count). The van der Waals surface area contributed by atoms with E-state index in [1.807, 2.05) is 0 Å². The van der Waals surface area contributed by atoms with Gasteiger partial charge in [-0.2, -0.15) is 26.3 Å². The van der Waals surface area contributed by atoms with E-state index in [-0.39, 0.29) is 5.56 Å². The lowest BCUT2D eigenvalue weighted by atomic mass is 10.0. The first-order valence-electron chi connectivity index (χ1n) is 6.50. The highest BCUT2D eigenvalue weighted by Gasteiger charge is 2.79. The molecule has 0 bridgehead atoms. The van der Waals surface area contributed by atoms with E-state index < -0.39 is 42.9 Å². The fraction of sp³-hybridized carbons (Fsp3) is 0.429. The smallest absolute Gasteiger partial charge is 0.411 e. The first kappa shape index (κ1) is 19.8. The Kier molecular flexibility index (Phi) is 5.85. The summed E-state index contributed by atoms with van der Waals surface area (Å²) in [7, 11) is 0. The van der Waals surface area contributed by atoms with Crippen LogP contribution in [0.4, 0.5) is 26.3 Å². The number of halogens is 6. The number of hydrogen-bond acceptors (Lipinski definition) is 4. The molecule has 0 unspecified atom stereocenters. The molecule has 0 atom stereocenters. The largest absolute Gasteiger partial charge is 0.461 e. The molecule has 4 nitrogen and oxygen atoms in total. The number of carbonyl (C=O) groups is 2. The van der Waals surface area contributed by atoms with Crippen LogP contribution in [0.5, 0.6) is 0 Å². The van der Waals surface area contributed by atoms with E-state index in [0.29, 0.717) is 0 Å². The molecule has 1 aromatic rings. The van der Waals surface area contributed by atoms with Gasteiger partial charge in [-0.05, 0) is 12.5 Å². The molecule has 0 aliphatic heterocycles. The number of hydrogen-bond donors (Lipinski definition) is 0. The summed E-state index contributed by atoms with van der Waals surface area (Å²) >= 11 is 0. The average molecular weight is 358 g/mol. The van der Waals surface area contributed by atoms with Gasteiger partial charge in [-0.25, -0.2) is 9.59 Å². The molecule has 24 heavy (non-hydrogen) atoms. The number of alkyl halides is 6. The summed E-state index contributed by atoms with van der Waals surface area (Å²) in [6.45, 7) is -0.566. The minimum atomic E-state index is -6.33. The van der Waals surface area contributed by atoms with E-state index in [9.17, 15) is 35.9 Å². The Morgan fingerprint density at radius 3 is 1.79 bits per heavy atom. The van der Waals surface area contributed by atoms with Crippen molar-refractivity contribution in [1.82, 2.24) is 0 Å². The average Bonchev–Trinajstić information content (AvgIpc) is 2.53. The molecule has 0 saturated carbocycles. The fourth-order valence-corrected chi connectivity index (χ4v) is 1.49. The summed E-state index contributed by atoms with van der Waals surface area (Å²) in [6.07, 6.45) is 0. The number of esters is 2. The molecule has 0 fully saturated rings. The Morgan fingerprint density at radius 2 is 1.33 bits per heavy atom. The molecule has 0 spiro atoms. The molecule has 0 aromatic heterocycles. The monoisotopic (exact) mass is 358 g/mol. The van der Waals surface area contributed by atoms with Crippen LogP contribution in [0.3, 0.4) is 0 Å². The van der Waals surface area contributed by atoms with Crippen molar-refractivity contribution in [2.75, 3.05) is 6.61 Å². The van der Waals surface area contributed by atoms with Crippen molar-refractivity contribution in [3.8, 4) is 0 Å². The van der Waals surface area contributed by atoms with Gasteiger partial charge in [-0.15, -0.1) is 0 Å². The Morgan fingerprint density at radius 1 is 0.875 bits per heavy atom. The van der Waals surface area contributed by atoms with Crippen molar-refractivity contribution < 1.29 is 45.4 Å². The lowest BCUT2D eigenvalue weighted by Crippen LogP contribution is -2.61. The van der Waals surface area contributed by atoms with E-state index in [4.69, 9.17) is 0 Å². The van der Waals surface area contributed by atoms with Crippen LogP contribution in [0.2, 0.25) is 0 Å². The van der Waals surface area contributed by atoms with E-state index in [0.717, 1.165) is 6.92 Å². The Hall–Kier alpha value is -2.26. The topological polar surface area (TPSA) is 52.6 Å². The standard InChI is InChI=1S/C14H12F6O4/c1-2-23-10(21)12(15,16)14(19,20)13(17,18)11(22)24-8-9-6-4-3-5-7-9/h3-7H,2,8H2,1H3. The zero-order valence-electron chi connectivity index (χ0n) is 12.2. The highest BCUT2D eigenvalue weighted by molar-refractivity contribution is 5.84. The van der Waals surface area contributed by atoms with Crippen molar-refractivity contribution in [3.05, 3.63) is 35.9 Å². The predicted molar refractivity (Wildman–Crippen MR) is 67.7 cm³/mol. The third-order valence-electron chi connectivity index (χ3n) is 2.79. The Labute approximate surface area is 132 Å². The number of carbonyl (C=O) groups excluding carboxylic acids is 2. The highest BCUT2D eigenvalue weighted by atomic mass is 19.3. The molecule has 0 aliphatic rings. The van der Waals surface area contributed by atoms with Gasteiger partial charge in [0.25, 0.3) is 0 Å². The van der Waals surface area contributed by atoms with Gasteiger partial charge in [0.15, 0.2) is 0 Å². The van der Waals surface area contributed by atoms with Crippen LogP contribution < -0.4 is 0 Å². The van der Waals surface area contributed by atoms with Gasteiger partial charge in [0.05, 0.1) is 6.61 Å². The molecule has 1 aromatic carbocycles. The fourth-order valence-electron chi connectivity index (χ4n) is 1.49. The molecule has 10 heteroatoms. The molecule has 0 heterocycles. The molecule has 0 N–H and O–H groups in total. The number of rotatable bonds is 7. The van der Waals surface area contributed by atoms with Crippen molar-refractivity contribution in [3.63, 3.8) is 0 Å². The zero-order chi connectivity index (χ0) is 18.6. The summed E-state index contributed by atoms with van der Waals surface area (Å²) in [5, 5.41) is 0. The van der Waals surface area contributed by atoms with Crippen LogP contribution >= 0.6 is 0 Å². The lowest BCUT2D eigenvalue weighted by molar-refractivity contribution is -0.301. The Balaban J connectivity index is 2.94. The highest BCUT2D eigenvalue weighted by Crippen LogP contribution is 2.47. The van der Waals surface area contributed by atoms with E-state index >= 15 is 0 Å². The second kappa shape index (κ2) is 7.10. The summed E-state index contributed by atoms with van der Waals surface area (Å²) in [5.41, 5.74) is 0.169. The van der Waals surface area contributed by atoms with Crippen molar-refractivity contribution >= 4 is 11.9 Å². The second-order valence-corrected chi connectivity index (χ2v) is 4.51. The van der Waals surface area contributed by atoms with Crippen molar-refractivity contribution in [1.29, 1.82) is 0 Å². The van der Waals surface area contributed by atoms with Gasteiger partial charge in [-0.1, -0.05) is 30.3 Å². The molecule has 0 amide bonds. The molecule has 134 valence electrons. The third kappa shape index (κ3) is 3.62. The maximum Gasteiger partial charge on any atom is 0.411 e. The van der Waals surface area contributed by atoms with E-state index in [1.54, 1.807) is 6.07 Å². The molecular weight excluding hydrogens is 346 g/mol. The van der Waals surface area contributed by atoms with Crippen LogP contribution in [0.15, 0.2) is 30.3 Å². The van der Waals surface area contributed by atoms with Crippen molar-refractivity contribution in [2.24, 2.45) is 0 Å². The van der Waals surface area contributed by atoms with Crippen LogP contribution in [-0.2, 0) is 25.7 Å². The van der Waals surface area contributed by atoms with Gasteiger partial charge in [0.1, 0.15) is 6.61 Å². The first-order valence-corrected chi connectivity index (χ1v) is 6.50. The van der Waals surface area contributed by atoms with Crippen molar-refractivity contribution in [2.45, 2.75) is 31.3 Å². The number of ether oxygens (including phenoxy) is 2. The first-order chi connectivity index (χ1) is 11.0. The minimum Gasteiger partial charge on any atom is -0.461 e. The second-order valence-electron chi connectivity index (χ2n) is 4.51. The summed E-state index contributed by atoms with van der Waals surface area (Å²) in [5.74, 6) is -24.0. The minimum absolute atomic E-state index is 0.169. The number of benzene rings is 1. The summed E-state index contributed by atoms with van der Waals surface area (Å²) < 4.78 is 88.0. The normalized spacial score (nSPS) is 12.6. The SMILES string of the molecule is CCOC(=O)C(F)(F)C(F)(F)C(F)(F)C(=O)OCc1ccccc1. The van der Waals surface area contributed by atoms with Gasteiger partial charge in [0.2, 0.25) is 0 Å². The van der Waals surface area contributed by atoms with Crippen LogP contribution in [0.25, 0.3) is 0 Å². The van der Waals surface area contributed by atoms with Crippen LogP contribution in [0.1, 0.15) is 12.5 Å². The van der Waals surface area contributed by atoms with Gasteiger partial charge >= 0.3 is 29.7 Å². The van der Waals surface area contributed by atoms with Gasteiger partial charge in [-0.3, -0.25) is 0 Å². The molecular formula is C14H12F6O4. The summed E-state index contributed by atoms with van der Waals surface area (Å²) in [6, 6.07) is 7.11. The lowest BCUT2D eigenvalue weighted by Gasteiger charge is -2.29. The third-order valence-corrected chi connectivity index (χ3v) is 2.79. The molecule has 0 aliphatic carbocycles. The quantitative estimate of drug-likeness (QED) is 0.555. The van der Waals surface area contributed by atoms with E-state index in [1.165, 1.54) is 24.3 Å². The van der Waals surface area contributed by atoms with Gasteiger partial charge in [0, 0.05) is 0 Å². The maximum atomic E-state index is 13.5. The molecule has 0 saturated heterocycles. The maximum absolute atomic E-state index is 13.5. The van der Waals surface area contributed by atoms with Gasteiger partial charge < -0.3 is 9.47 Å². The Bertz CT molecular complexity index is 588. The van der Waals surface area contributed by atoms with E-state index in [2.05, 4.69) is 9.47 Å². The van der Waals surface area contributed by atoms with Crippen LogP contribution in [0, 0.1) is 0 Å². The predicted octanol–water partition coefficient (Wildman–Crippen LogP) is 3.20. The summed E-state index contributed by atoms with van der Waals surface area (Å²) in [4.78, 5) is 22.0. The molecule has 0 radical (unpaired) electrons. The van der Waals surface area contributed by atoms with Crippen LogP contribution in [-0.4, -0.2) is 36.3 Å².